The summed E-state index contributed by atoms with van der Waals surface area (Å²) in [6.07, 6.45) is 4.57. The van der Waals surface area contributed by atoms with E-state index < -0.39 is 27.6 Å². The maximum atomic E-state index is 13.7. The number of halogens is 1. The number of rotatable bonds is 5. The van der Waals surface area contributed by atoms with Crippen LogP contribution in [0.2, 0.25) is 0 Å². The lowest BCUT2D eigenvalue weighted by atomic mass is 10.3. The first-order chi connectivity index (χ1) is 9.51. The largest absolute Gasteiger partial charge is 0.301 e. The van der Waals surface area contributed by atoms with E-state index in [1.807, 2.05) is 6.92 Å². The third-order valence-electron chi connectivity index (χ3n) is 2.60. The summed E-state index contributed by atoms with van der Waals surface area (Å²) in [4.78, 5) is 0.635. The highest BCUT2D eigenvalue weighted by Crippen LogP contribution is 2.18. The fraction of sp³-hybridized carbons (Fsp3) is 0.250. The van der Waals surface area contributed by atoms with Gasteiger partial charge in [0.2, 0.25) is 0 Å². The summed E-state index contributed by atoms with van der Waals surface area (Å²) >= 11 is 0. The molecule has 20 heavy (non-hydrogen) atoms. The fourth-order valence-electron chi connectivity index (χ4n) is 1.58. The standard InChI is InChI=1S/C12H14FN3O2S2/c1-3-16-8-10(7-14-16)20(18)15-9-4-5-12(19(2)17)11(13)6-9/h4-8,15H,3H2,1-2H3. The van der Waals surface area contributed by atoms with Crippen LogP contribution in [0.25, 0.3) is 0 Å². The Labute approximate surface area is 121 Å². The minimum absolute atomic E-state index is 0.125. The Bertz CT molecular complexity index is 672. The van der Waals surface area contributed by atoms with Crippen molar-refractivity contribution in [3.8, 4) is 0 Å². The quantitative estimate of drug-likeness (QED) is 0.917. The summed E-state index contributed by atoms with van der Waals surface area (Å²) in [7, 11) is -2.90. The van der Waals surface area contributed by atoms with E-state index in [9.17, 15) is 12.8 Å². The Hall–Kier alpha value is -1.54. The number of hydrogen-bond acceptors (Lipinski definition) is 3. The Morgan fingerprint density at radius 2 is 2.15 bits per heavy atom. The smallest absolute Gasteiger partial charge is 0.153 e. The first-order valence-electron chi connectivity index (χ1n) is 5.85. The molecular weight excluding hydrogens is 301 g/mol. The number of nitrogens with one attached hydrogen (secondary N) is 1. The monoisotopic (exact) mass is 315 g/mol. The molecule has 0 aliphatic carbocycles. The highest BCUT2D eigenvalue weighted by atomic mass is 32.2. The summed E-state index contributed by atoms with van der Waals surface area (Å²) in [5.74, 6) is -0.586. The summed E-state index contributed by atoms with van der Waals surface area (Å²) in [5.41, 5.74) is 0.360. The van der Waals surface area contributed by atoms with E-state index in [1.165, 1.54) is 24.6 Å². The zero-order valence-electron chi connectivity index (χ0n) is 11.0. The minimum atomic E-state index is -1.52. The lowest BCUT2D eigenvalue weighted by molar-refractivity contribution is 0.597. The molecule has 0 bridgehead atoms. The number of hydrogen-bond donors (Lipinski definition) is 1. The van der Waals surface area contributed by atoms with E-state index in [0.717, 1.165) is 0 Å². The van der Waals surface area contributed by atoms with Crippen LogP contribution in [0.5, 0.6) is 0 Å². The van der Waals surface area contributed by atoms with E-state index in [2.05, 4.69) is 9.82 Å². The van der Waals surface area contributed by atoms with Gasteiger partial charge in [0, 0.05) is 24.7 Å². The van der Waals surface area contributed by atoms with E-state index in [0.29, 0.717) is 17.1 Å². The molecule has 0 spiro atoms. The van der Waals surface area contributed by atoms with Crippen LogP contribution in [0.1, 0.15) is 6.92 Å². The van der Waals surface area contributed by atoms with Gasteiger partial charge in [0.05, 0.1) is 26.8 Å². The van der Waals surface area contributed by atoms with Crippen LogP contribution in [-0.2, 0) is 28.3 Å². The summed E-state index contributed by atoms with van der Waals surface area (Å²) in [6.45, 7) is 2.61. The lowest BCUT2D eigenvalue weighted by Crippen LogP contribution is -2.05. The molecule has 2 aromatic rings. The van der Waals surface area contributed by atoms with E-state index in [-0.39, 0.29) is 4.90 Å². The molecule has 108 valence electrons. The van der Waals surface area contributed by atoms with Gasteiger partial charge < -0.3 is 4.72 Å². The molecule has 1 heterocycles. The predicted molar refractivity (Wildman–Crippen MR) is 76.7 cm³/mol. The molecule has 0 radical (unpaired) electrons. The Morgan fingerprint density at radius 1 is 1.40 bits per heavy atom. The number of benzene rings is 1. The molecular formula is C12H14FN3O2S2. The van der Waals surface area contributed by atoms with Crippen molar-refractivity contribution in [1.82, 2.24) is 9.78 Å². The molecule has 1 N–H and O–H groups in total. The zero-order valence-corrected chi connectivity index (χ0v) is 12.6. The number of nitrogens with zero attached hydrogens (tertiary/aromatic N) is 2. The van der Waals surface area contributed by atoms with E-state index >= 15 is 0 Å². The molecule has 0 aliphatic heterocycles. The van der Waals surface area contributed by atoms with Crippen molar-refractivity contribution >= 4 is 27.5 Å². The topological polar surface area (TPSA) is 64.0 Å². The number of aryl methyl sites for hydroxylation is 1. The molecule has 2 unspecified atom stereocenters. The molecule has 2 atom stereocenters. The Balaban J connectivity index is 2.15. The summed E-state index contributed by atoms with van der Waals surface area (Å²) < 4.78 is 41.3. The molecule has 1 aromatic heterocycles. The van der Waals surface area contributed by atoms with Crippen molar-refractivity contribution < 1.29 is 12.8 Å². The van der Waals surface area contributed by atoms with Crippen LogP contribution in [0.15, 0.2) is 40.4 Å². The van der Waals surface area contributed by atoms with Gasteiger partial charge in [-0.05, 0) is 25.1 Å². The van der Waals surface area contributed by atoms with E-state index in [1.54, 1.807) is 16.9 Å². The highest BCUT2D eigenvalue weighted by Gasteiger charge is 2.10. The van der Waals surface area contributed by atoms with Gasteiger partial charge in [-0.25, -0.2) is 8.60 Å². The van der Waals surface area contributed by atoms with Crippen LogP contribution in [0, 0.1) is 5.82 Å². The lowest BCUT2D eigenvalue weighted by Gasteiger charge is -2.06. The van der Waals surface area contributed by atoms with E-state index in [4.69, 9.17) is 0 Å². The van der Waals surface area contributed by atoms with Gasteiger partial charge in [0.1, 0.15) is 5.82 Å². The van der Waals surface area contributed by atoms with Gasteiger partial charge in [-0.1, -0.05) is 0 Å². The second-order valence-corrected chi connectivity index (χ2v) is 6.56. The normalized spacial score (nSPS) is 13.9. The molecule has 0 fully saturated rings. The van der Waals surface area contributed by atoms with Gasteiger partial charge in [-0.3, -0.25) is 8.89 Å². The molecule has 0 amide bonds. The van der Waals surface area contributed by atoms with Gasteiger partial charge in [-0.15, -0.1) is 0 Å². The summed E-state index contributed by atoms with van der Waals surface area (Å²) in [5, 5.41) is 4.02. The maximum Gasteiger partial charge on any atom is 0.153 e. The second-order valence-electron chi connectivity index (χ2n) is 4.00. The van der Waals surface area contributed by atoms with Crippen molar-refractivity contribution in [2.45, 2.75) is 23.3 Å². The average molecular weight is 315 g/mol. The Morgan fingerprint density at radius 3 is 2.70 bits per heavy atom. The summed E-state index contributed by atoms with van der Waals surface area (Å²) in [6, 6.07) is 4.14. The van der Waals surface area contributed by atoms with Crippen LogP contribution in [0.4, 0.5) is 10.1 Å². The SMILES string of the molecule is CCn1cc(S(=O)Nc2ccc(S(C)=O)c(F)c2)cn1. The van der Waals surface area contributed by atoms with Crippen molar-refractivity contribution in [2.75, 3.05) is 11.0 Å². The van der Waals surface area contributed by atoms with Crippen molar-refractivity contribution in [3.63, 3.8) is 0 Å². The third-order valence-corrected chi connectivity index (χ3v) is 4.61. The second kappa shape index (κ2) is 6.27. The predicted octanol–water partition coefficient (Wildman–Crippen LogP) is 1.91. The maximum absolute atomic E-state index is 13.7. The molecule has 2 rings (SSSR count). The molecule has 0 saturated carbocycles. The van der Waals surface area contributed by atoms with Crippen molar-refractivity contribution in [1.29, 1.82) is 0 Å². The third kappa shape index (κ3) is 3.31. The van der Waals surface area contributed by atoms with Crippen LogP contribution in [0.3, 0.4) is 0 Å². The minimum Gasteiger partial charge on any atom is -0.301 e. The average Bonchev–Trinajstić information content (AvgIpc) is 2.87. The van der Waals surface area contributed by atoms with Crippen LogP contribution >= 0.6 is 0 Å². The first kappa shape index (κ1) is 14.9. The number of anilines is 1. The fourth-order valence-corrected chi connectivity index (χ4v) is 2.99. The van der Waals surface area contributed by atoms with Crippen molar-refractivity contribution in [3.05, 3.63) is 36.4 Å². The first-order valence-corrected chi connectivity index (χ1v) is 8.56. The van der Waals surface area contributed by atoms with Gasteiger partial charge >= 0.3 is 0 Å². The van der Waals surface area contributed by atoms with Crippen LogP contribution < -0.4 is 4.72 Å². The van der Waals surface area contributed by atoms with Gasteiger partial charge in [-0.2, -0.15) is 5.10 Å². The highest BCUT2D eigenvalue weighted by molar-refractivity contribution is 7.86. The molecule has 8 heteroatoms. The van der Waals surface area contributed by atoms with Crippen molar-refractivity contribution in [2.24, 2.45) is 0 Å². The number of aromatic nitrogens is 2. The molecule has 5 nitrogen and oxygen atoms in total. The van der Waals surface area contributed by atoms with Gasteiger partial charge in [0.15, 0.2) is 11.0 Å². The Kier molecular flexibility index (Phi) is 4.66. The molecule has 1 aromatic carbocycles. The molecule has 0 saturated heterocycles. The van der Waals surface area contributed by atoms with Gasteiger partial charge in [0.25, 0.3) is 0 Å². The van der Waals surface area contributed by atoms with Crippen LogP contribution in [-0.4, -0.2) is 24.5 Å². The zero-order chi connectivity index (χ0) is 14.7. The molecule has 0 aliphatic rings.